The van der Waals surface area contributed by atoms with E-state index in [1.165, 1.54) is 0 Å². The summed E-state index contributed by atoms with van der Waals surface area (Å²) in [6, 6.07) is 11.5. The van der Waals surface area contributed by atoms with E-state index in [9.17, 15) is 4.79 Å². The molecule has 0 aliphatic carbocycles. The fraction of sp³-hybridized carbons (Fsp3) is 0.217. The fourth-order valence-corrected chi connectivity index (χ4v) is 4.49. The number of nitrogens with zero attached hydrogens (tertiary/aromatic N) is 1. The molecule has 3 heterocycles. The zero-order chi connectivity index (χ0) is 21.1. The maximum absolute atomic E-state index is 13.1. The summed E-state index contributed by atoms with van der Waals surface area (Å²) in [7, 11) is 1.64. The first-order valence-electron chi connectivity index (χ1n) is 9.73. The van der Waals surface area contributed by atoms with Crippen LogP contribution in [-0.4, -0.2) is 29.5 Å². The van der Waals surface area contributed by atoms with Gasteiger partial charge in [0.05, 0.1) is 18.7 Å². The van der Waals surface area contributed by atoms with Gasteiger partial charge in [0.25, 0.3) is 5.91 Å². The summed E-state index contributed by atoms with van der Waals surface area (Å²) in [6.07, 6.45) is 4.34. The number of hydrogen-bond donors (Lipinski definition) is 3. The van der Waals surface area contributed by atoms with Crippen molar-refractivity contribution in [2.75, 3.05) is 13.7 Å². The molecule has 0 fully saturated rings. The van der Waals surface area contributed by atoms with Gasteiger partial charge in [-0.1, -0.05) is 12.1 Å². The molecule has 1 amide bonds. The second kappa shape index (κ2) is 8.69. The zero-order valence-corrected chi connectivity index (χ0v) is 17.8. The van der Waals surface area contributed by atoms with Crippen LogP contribution in [0.3, 0.4) is 0 Å². The first kappa shape index (κ1) is 20.1. The monoisotopic (exact) mass is 420 g/mol. The molecule has 154 valence electrons. The van der Waals surface area contributed by atoms with Crippen LogP contribution in [0.2, 0.25) is 0 Å². The zero-order valence-electron chi connectivity index (χ0n) is 16.9. The fourth-order valence-electron chi connectivity index (χ4n) is 3.59. The Balaban J connectivity index is 1.56. The summed E-state index contributed by atoms with van der Waals surface area (Å²) in [5.41, 5.74) is 10.6. The molecule has 0 saturated carbocycles. The average molecular weight is 421 g/mol. The summed E-state index contributed by atoms with van der Waals surface area (Å²) in [6.45, 7) is 2.28. The summed E-state index contributed by atoms with van der Waals surface area (Å²) < 4.78 is 5.41. The quantitative estimate of drug-likeness (QED) is 0.422. The van der Waals surface area contributed by atoms with Gasteiger partial charge in [0.1, 0.15) is 11.4 Å². The Morgan fingerprint density at radius 2 is 2.17 bits per heavy atom. The minimum Gasteiger partial charge on any atom is -0.496 e. The van der Waals surface area contributed by atoms with Crippen molar-refractivity contribution < 1.29 is 9.53 Å². The SMILES string of the molecule is COc1cc(C(CN)NC(=O)c2ccsc2Cc2ccnc3[nH]ccc23)ccc1C. The summed E-state index contributed by atoms with van der Waals surface area (Å²) in [5.74, 6) is 0.658. The first-order valence-corrected chi connectivity index (χ1v) is 10.6. The number of hydrogen-bond acceptors (Lipinski definition) is 5. The molecule has 0 aliphatic heterocycles. The summed E-state index contributed by atoms with van der Waals surface area (Å²) >= 11 is 1.58. The molecule has 1 atom stereocenters. The van der Waals surface area contributed by atoms with Crippen LogP contribution in [0.1, 0.15) is 38.0 Å². The van der Waals surface area contributed by atoms with Crippen LogP contribution in [-0.2, 0) is 6.42 Å². The minimum atomic E-state index is -0.294. The Hall–Kier alpha value is -3.16. The average Bonchev–Trinajstić information content (AvgIpc) is 3.42. The van der Waals surface area contributed by atoms with Crippen molar-refractivity contribution in [1.29, 1.82) is 0 Å². The number of benzene rings is 1. The van der Waals surface area contributed by atoms with E-state index in [1.807, 2.05) is 54.9 Å². The molecule has 0 radical (unpaired) electrons. The maximum atomic E-state index is 13.1. The van der Waals surface area contributed by atoms with E-state index in [-0.39, 0.29) is 11.9 Å². The molecule has 3 aromatic heterocycles. The van der Waals surface area contributed by atoms with Crippen molar-refractivity contribution in [2.24, 2.45) is 5.73 Å². The molecule has 0 saturated heterocycles. The highest BCUT2D eigenvalue weighted by atomic mass is 32.1. The Bertz CT molecular complexity index is 1180. The largest absolute Gasteiger partial charge is 0.496 e. The van der Waals surface area contributed by atoms with Crippen molar-refractivity contribution in [2.45, 2.75) is 19.4 Å². The number of aromatic nitrogens is 2. The number of carbonyl (C=O) groups excluding carboxylic acids is 1. The smallest absolute Gasteiger partial charge is 0.252 e. The molecule has 4 aromatic rings. The first-order chi connectivity index (χ1) is 14.6. The number of rotatable bonds is 7. The number of amides is 1. The number of H-pyrrole nitrogens is 1. The van der Waals surface area contributed by atoms with Crippen molar-refractivity contribution >= 4 is 28.3 Å². The third-order valence-corrected chi connectivity index (χ3v) is 6.19. The number of carbonyl (C=O) groups is 1. The van der Waals surface area contributed by atoms with E-state index >= 15 is 0 Å². The molecule has 6 nitrogen and oxygen atoms in total. The number of pyridine rings is 1. The van der Waals surface area contributed by atoms with E-state index in [2.05, 4.69) is 15.3 Å². The number of thiophene rings is 1. The van der Waals surface area contributed by atoms with Gasteiger partial charge >= 0.3 is 0 Å². The standard InChI is InChI=1S/C23H24N4O2S/c1-14-3-4-16(11-20(14)29-2)19(13-24)27-23(28)18-7-10-30-21(18)12-15-5-8-25-22-17(15)6-9-26-22/h3-11,19H,12-13,24H2,1-2H3,(H,25,26)(H,27,28). The lowest BCUT2D eigenvalue weighted by molar-refractivity contribution is 0.0937. The highest BCUT2D eigenvalue weighted by molar-refractivity contribution is 7.10. The third kappa shape index (κ3) is 3.94. The van der Waals surface area contributed by atoms with Gasteiger partial charge in [0, 0.05) is 35.6 Å². The number of ether oxygens (including phenoxy) is 1. The van der Waals surface area contributed by atoms with E-state index in [0.29, 0.717) is 18.5 Å². The van der Waals surface area contributed by atoms with Crippen LogP contribution in [0.15, 0.2) is 54.2 Å². The maximum Gasteiger partial charge on any atom is 0.252 e. The van der Waals surface area contributed by atoms with Crippen molar-refractivity contribution in [3.8, 4) is 5.75 Å². The molecular weight excluding hydrogens is 396 g/mol. The van der Waals surface area contributed by atoms with Gasteiger partial charge in [-0.3, -0.25) is 4.79 Å². The molecule has 0 aliphatic rings. The van der Waals surface area contributed by atoms with Gasteiger partial charge in [0.2, 0.25) is 0 Å². The number of methoxy groups -OCH3 is 1. The topological polar surface area (TPSA) is 93.0 Å². The van der Waals surface area contributed by atoms with Crippen LogP contribution in [0.25, 0.3) is 11.0 Å². The van der Waals surface area contributed by atoms with E-state index in [1.54, 1.807) is 24.6 Å². The van der Waals surface area contributed by atoms with E-state index < -0.39 is 0 Å². The number of nitrogens with one attached hydrogen (secondary N) is 2. The van der Waals surface area contributed by atoms with Crippen molar-refractivity contribution in [3.05, 3.63) is 81.3 Å². The molecular formula is C23H24N4O2S. The van der Waals surface area contributed by atoms with Crippen LogP contribution in [0.5, 0.6) is 5.75 Å². The van der Waals surface area contributed by atoms with Gasteiger partial charge in [-0.15, -0.1) is 11.3 Å². The lowest BCUT2D eigenvalue weighted by atomic mass is 10.0. The Labute approximate surface area is 179 Å². The van der Waals surface area contributed by atoms with Crippen LogP contribution in [0.4, 0.5) is 0 Å². The van der Waals surface area contributed by atoms with Gasteiger partial charge in [0.15, 0.2) is 0 Å². The van der Waals surface area contributed by atoms with Crippen molar-refractivity contribution in [3.63, 3.8) is 0 Å². The van der Waals surface area contributed by atoms with Gasteiger partial charge in [-0.25, -0.2) is 4.98 Å². The molecule has 1 aromatic carbocycles. The molecule has 30 heavy (non-hydrogen) atoms. The van der Waals surface area contributed by atoms with Gasteiger partial charge in [-0.05, 0) is 53.3 Å². The lowest BCUT2D eigenvalue weighted by Gasteiger charge is -2.19. The Morgan fingerprint density at radius 1 is 1.30 bits per heavy atom. The molecule has 1 unspecified atom stereocenters. The van der Waals surface area contributed by atoms with Crippen molar-refractivity contribution in [1.82, 2.24) is 15.3 Å². The third-order valence-electron chi connectivity index (χ3n) is 5.27. The minimum absolute atomic E-state index is 0.124. The number of fused-ring (bicyclic) bond motifs is 1. The predicted octanol–water partition coefficient (Wildman–Crippen LogP) is 3.96. The second-order valence-electron chi connectivity index (χ2n) is 7.14. The number of aromatic amines is 1. The second-order valence-corrected chi connectivity index (χ2v) is 8.14. The molecule has 7 heteroatoms. The van der Waals surface area contributed by atoms with Gasteiger partial charge in [-0.2, -0.15) is 0 Å². The summed E-state index contributed by atoms with van der Waals surface area (Å²) in [5, 5.41) is 6.11. The molecule has 0 bridgehead atoms. The summed E-state index contributed by atoms with van der Waals surface area (Å²) in [4.78, 5) is 21.6. The molecule has 4 rings (SSSR count). The highest BCUT2D eigenvalue weighted by Gasteiger charge is 2.19. The molecule has 4 N–H and O–H groups in total. The lowest BCUT2D eigenvalue weighted by Crippen LogP contribution is -2.33. The van der Waals surface area contributed by atoms with Gasteiger partial charge < -0.3 is 20.8 Å². The Morgan fingerprint density at radius 3 is 2.97 bits per heavy atom. The van der Waals surface area contributed by atoms with Crippen LogP contribution in [0, 0.1) is 6.92 Å². The van der Waals surface area contributed by atoms with Crippen LogP contribution >= 0.6 is 11.3 Å². The normalized spacial score (nSPS) is 12.1. The van der Waals surface area contributed by atoms with Crippen LogP contribution < -0.4 is 15.8 Å². The molecule has 0 spiro atoms. The number of nitrogens with two attached hydrogens (primary N) is 1. The number of aryl methyl sites for hydroxylation is 1. The van der Waals surface area contributed by atoms with E-state index in [0.717, 1.165) is 38.4 Å². The predicted molar refractivity (Wildman–Crippen MR) is 120 cm³/mol. The Kier molecular flexibility index (Phi) is 5.83. The van der Waals surface area contributed by atoms with E-state index in [4.69, 9.17) is 10.5 Å². The highest BCUT2D eigenvalue weighted by Crippen LogP contribution is 2.26.